The third-order valence-corrected chi connectivity index (χ3v) is 3.50. The molecule has 21 heavy (non-hydrogen) atoms. The van der Waals surface area contributed by atoms with Gasteiger partial charge in [-0.25, -0.2) is 0 Å². The highest BCUT2D eigenvalue weighted by Crippen LogP contribution is 2.06. The van der Waals surface area contributed by atoms with Crippen molar-refractivity contribution in [3.05, 3.63) is 48.0 Å². The summed E-state index contributed by atoms with van der Waals surface area (Å²) in [5.41, 5.74) is 1.14. The first-order valence-electron chi connectivity index (χ1n) is 7.53. The van der Waals surface area contributed by atoms with Gasteiger partial charge in [0.25, 0.3) is 0 Å². The largest absolute Gasteiger partial charge is 0.353 e. The van der Waals surface area contributed by atoms with Gasteiger partial charge >= 0.3 is 0 Å². The lowest BCUT2D eigenvalue weighted by atomic mass is 10.0. The Kier molecular flexibility index (Phi) is 6.00. The van der Waals surface area contributed by atoms with E-state index in [1.165, 1.54) is 6.08 Å². The molecule has 1 aliphatic rings. The van der Waals surface area contributed by atoms with Crippen molar-refractivity contribution in [3.63, 3.8) is 0 Å². The molecule has 2 N–H and O–H groups in total. The maximum Gasteiger partial charge on any atom is 0.243 e. The van der Waals surface area contributed by atoms with E-state index in [0.29, 0.717) is 19.4 Å². The molecular weight excluding hydrogens is 264 g/mol. The van der Waals surface area contributed by atoms with Gasteiger partial charge in [0, 0.05) is 19.0 Å². The van der Waals surface area contributed by atoms with Crippen molar-refractivity contribution in [1.82, 2.24) is 10.6 Å². The Labute approximate surface area is 125 Å². The normalized spacial score (nSPS) is 22.4. The highest BCUT2D eigenvalue weighted by molar-refractivity contribution is 5.87. The molecule has 1 aromatic rings. The van der Waals surface area contributed by atoms with Crippen molar-refractivity contribution in [2.45, 2.75) is 38.1 Å². The van der Waals surface area contributed by atoms with Crippen molar-refractivity contribution in [1.29, 1.82) is 0 Å². The number of carbonyl (C=O) groups excluding carboxylic acids is 2. The van der Waals surface area contributed by atoms with Gasteiger partial charge in [0.15, 0.2) is 0 Å². The number of amides is 2. The molecule has 0 bridgehead atoms. The van der Waals surface area contributed by atoms with Crippen LogP contribution in [0.5, 0.6) is 0 Å². The van der Waals surface area contributed by atoms with Crippen LogP contribution in [0.15, 0.2) is 42.5 Å². The Balaban J connectivity index is 2.05. The molecular formula is C17H22N2O2. The number of hydrogen-bond acceptors (Lipinski definition) is 2. The fourth-order valence-corrected chi connectivity index (χ4v) is 2.38. The summed E-state index contributed by atoms with van der Waals surface area (Å²) >= 11 is 0. The molecule has 0 saturated carbocycles. The Morgan fingerprint density at radius 2 is 1.86 bits per heavy atom. The van der Waals surface area contributed by atoms with Crippen LogP contribution < -0.4 is 10.6 Å². The van der Waals surface area contributed by atoms with E-state index in [2.05, 4.69) is 10.6 Å². The SMILES string of the molecule is O=C1/C=C/[C@H](Cc2ccccc2)NC(=O)CCCCCN1. The zero-order chi connectivity index (χ0) is 14.9. The quantitative estimate of drug-likeness (QED) is 0.873. The first kappa shape index (κ1) is 15.3. The summed E-state index contributed by atoms with van der Waals surface area (Å²) in [4.78, 5) is 23.6. The number of carbonyl (C=O) groups is 2. The van der Waals surface area contributed by atoms with Gasteiger partial charge in [-0.3, -0.25) is 9.59 Å². The van der Waals surface area contributed by atoms with E-state index in [9.17, 15) is 9.59 Å². The fourth-order valence-electron chi connectivity index (χ4n) is 2.38. The second-order valence-corrected chi connectivity index (χ2v) is 5.32. The molecule has 2 amide bonds. The fraction of sp³-hybridized carbons (Fsp3) is 0.412. The summed E-state index contributed by atoms with van der Waals surface area (Å²) in [6, 6.07) is 9.81. The maximum atomic E-state index is 11.9. The van der Waals surface area contributed by atoms with Gasteiger partial charge in [-0.1, -0.05) is 42.8 Å². The Morgan fingerprint density at radius 1 is 1.05 bits per heavy atom. The van der Waals surface area contributed by atoms with Crippen LogP contribution >= 0.6 is 0 Å². The summed E-state index contributed by atoms with van der Waals surface area (Å²) in [6.07, 6.45) is 7.28. The van der Waals surface area contributed by atoms with E-state index < -0.39 is 0 Å². The molecule has 0 unspecified atom stereocenters. The molecule has 4 heteroatoms. The predicted molar refractivity (Wildman–Crippen MR) is 82.7 cm³/mol. The van der Waals surface area contributed by atoms with Crippen LogP contribution in [0.3, 0.4) is 0 Å². The van der Waals surface area contributed by atoms with Crippen molar-refractivity contribution in [2.24, 2.45) is 0 Å². The molecule has 112 valence electrons. The molecule has 1 atom stereocenters. The minimum atomic E-state index is -0.148. The van der Waals surface area contributed by atoms with Gasteiger partial charge in [0.1, 0.15) is 0 Å². The molecule has 0 fully saturated rings. The topological polar surface area (TPSA) is 58.2 Å². The summed E-state index contributed by atoms with van der Waals surface area (Å²) in [5.74, 6) is -0.0375. The Hall–Kier alpha value is -2.10. The zero-order valence-electron chi connectivity index (χ0n) is 12.2. The van der Waals surface area contributed by atoms with Crippen molar-refractivity contribution < 1.29 is 9.59 Å². The van der Waals surface area contributed by atoms with E-state index >= 15 is 0 Å². The molecule has 4 nitrogen and oxygen atoms in total. The minimum Gasteiger partial charge on any atom is -0.353 e. The first-order chi connectivity index (χ1) is 10.2. The van der Waals surface area contributed by atoms with Crippen LogP contribution in [-0.4, -0.2) is 24.4 Å². The standard InChI is InChI=1S/C17H22N2O2/c20-16-11-10-15(13-14-7-3-1-4-8-14)19-17(21)9-5-2-6-12-18-16/h1,3-4,7-8,10-11,15H,2,5-6,9,12-13H2,(H,18,20)(H,19,21)/b11-10+/t15-/m1/s1. The molecule has 0 radical (unpaired) electrons. The third-order valence-electron chi connectivity index (χ3n) is 3.50. The molecule has 1 heterocycles. The van der Waals surface area contributed by atoms with Crippen molar-refractivity contribution in [3.8, 4) is 0 Å². The summed E-state index contributed by atoms with van der Waals surface area (Å²) < 4.78 is 0. The lowest BCUT2D eigenvalue weighted by Gasteiger charge is -2.16. The maximum absolute atomic E-state index is 11.9. The van der Waals surface area contributed by atoms with Crippen LogP contribution in [0, 0.1) is 0 Å². The summed E-state index contributed by atoms with van der Waals surface area (Å²) in [5, 5.41) is 5.86. The lowest BCUT2D eigenvalue weighted by molar-refractivity contribution is -0.122. The third kappa shape index (κ3) is 5.81. The van der Waals surface area contributed by atoms with E-state index in [4.69, 9.17) is 0 Å². The Morgan fingerprint density at radius 3 is 2.67 bits per heavy atom. The lowest BCUT2D eigenvalue weighted by Crippen LogP contribution is -2.35. The smallest absolute Gasteiger partial charge is 0.243 e. The second kappa shape index (κ2) is 8.25. The van der Waals surface area contributed by atoms with E-state index in [0.717, 1.165) is 24.8 Å². The van der Waals surface area contributed by atoms with Crippen LogP contribution in [0.2, 0.25) is 0 Å². The van der Waals surface area contributed by atoms with Gasteiger partial charge in [0.05, 0.1) is 6.04 Å². The van der Waals surface area contributed by atoms with E-state index in [1.54, 1.807) is 6.08 Å². The van der Waals surface area contributed by atoms with Crippen molar-refractivity contribution in [2.75, 3.05) is 6.54 Å². The highest BCUT2D eigenvalue weighted by Gasteiger charge is 2.11. The van der Waals surface area contributed by atoms with Gasteiger partial charge < -0.3 is 10.6 Å². The number of hydrogen-bond donors (Lipinski definition) is 2. The van der Waals surface area contributed by atoms with Crippen LogP contribution in [0.25, 0.3) is 0 Å². The molecule has 2 rings (SSSR count). The van der Waals surface area contributed by atoms with E-state index in [-0.39, 0.29) is 17.9 Å². The average molecular weight is 286 g/mol. The molecule has 0 aliphatic carbocycles. The molecule has 0 saturated heterocycles. The first-order valence-corrected chi connectivity index (χ1v) is 7.53. The summed E-state index contributed by atoms with van der Waals surface area (Å²) in [6.45, 7) is 0.675. The van der Waals surface area contributed by atoms with Crippen LogP contribution in [-0.2, 0) is 16.0 Å². The molecule has 1 aliphatic heterocycles. The molecule has 1 aromatic carbocycles. The molecule has 0 aromatic heterocycles. The Bertz CT molecular complexity index is 497. The van der Waals surface area contributed by atoms with Crippen LogP contribution in [0.1, 0.15) is 31.2 Å². The van der Waals surface area contributed by atoms with Gasteiger partial charge in [-0.15, -0.1) is 0 Å². The predicted octanol–water partition coefficient (Wildman–Crippen LogP) is 1.96. The second-order valence-electron chi connectivity index (χ2n) is 5.32. The van der Waals surface area contributed by atoms with Crippen LogP contribution in [0.4, 0.5) is 0 Å². The number of benzene rings is 1. The number of rotatable bonds is 2. The summed E-state index contributed by atoms with van der Waals surface area (Å²) in [7, 11) is 0. The minimum absolute atomic E-state index is 0.0570. The average Bonchev–Trinajstić information content (AvgIpc) is 2.48. The number of nitrogens with one attached hydrogen (secondary N) is 2. The highest BCUT2D eigenvalue weighted by atomic mass is 16.2. The molecule has 0 spiro atoms. The van der Waals surface area contributed by atoms with Gasteiger partial charge in [-0.05, 0) is 24.8 Å². The van der Waals surface area contributed by atoms with Crippen molar-refractivity contribution >= 4 is 11.8 Å². The van der Waals surface area contributed by atoms with E-state index in [1.807, 2.05) is 30.3 Å². The van der Waals surface area contributed by atoms with Gasteiger partial charge in [0.2, 0.25) is 11.8 Å². The van der Waals surface area contributed by atoms with Gasteiger partial charge in [-0.2, -0.15) is 0 Å². The zero-order valence-corrected chi connectivity index (χ0v) is 12.2. The monoisotopic (exact) mass is 286 g/mol.